The van der Waals surface area contributed by atoms with Crippen molar-refractivity contribution >= 4 is 21.6 Å². The van der Waals surface area contributed by atoms with Gasteiger partial charge in [0.25, 0.3) is 10.0 Å². The van der Waals surface area contributed by atoms with Gasteiger partial charge in [-0.15, -0.1) is 0 Å². The summed E-state index contributed by atoms with van der Waals surface area (Å²) >= 11 is 0. The van der Waals surface area contributed by atoms with E-state index in [9.17, 15) is 17.6 Å². The molecule has 1 aliphatic carbocycles. The topological polar surface area (TPSA) is 66.5 Å². The van der Waals surface area contributed by atoms with Crippen LogP contribution in [0.4, 0.5) is 10.1 Å². The first-order chi connectivity index (χ1) is 14.4. The van der Waals surface area contributed by atoms with E-state index in [1.807, 2.05) is 6.92 Å². The Labute approximate surface area is 178 Å². The number of nitrogens with one attached hydrogen (secondary N) is 1. The summed E-state index contributed by atoms with van der Waals surface area (Å²) in [6.07, 6.45) is 7.50. The van der Waals surface area contributed by atoms with Crippen molar-refractivity contribution in [1.82, 2.24) is 5.32 Å². The maximum atomic E-state index is 13.4. The standard InChI is InChI=1S/C23H29FN2O3S/c1-18-9-15-22(16-10-18)30(28,29)26(21-13-11-19(24)12-14-21)17-23(27)25-20-7-5-3-2-4-6-8-20/h9-16,20H,2-8,17H2,1H3,(H,25,27). The molecule has 0 aromatic heterocycles. The largest absolute Gasteiger partial charge is 0.352 e. The number of amides is 1. The SMILES string of the molecule is Cc1ccc(S(=O)(=O)N(CC(=O)NC2CCCCCCC2)c2ccc(F)cc2)cc1. The minimum atomic E-state index is -3.98. The summed E-state index contributed by atoms with van der Waals surface area (Å²) in [5.74, 6) is -0.814. The lowest BCUT2D eigenvalue weighted by Crippen LogP contribution is -2.44. The molecule has 0 aliphatic heterocycles. The van der Waals surface area contributed by atoms with E-state index in [0.29, 0.717) is 0 Å². The third kappa shape index (κ3) is 5.81. The molecule has 0 spiro atoms. The molecule has 0 atom stereocenters. The van der Waals surface area contributed by atoms with Crippen LogP contribution in [0.5, 0.6) is 0 Å². The maximum Gasteiger partial charge on any atom is 0.264 e. The number of aryl methyl sites for hydroxylation is 1. The number of rotatable bonds is 6. The summed E-state index contributed by atoms with van der Waals surface area (Å²) in [7, 11) is -3.98. The molecule has 0 radical (unpaired) electrons. The van der Waals surface area contributed by atoms with Gasteiger partial charge in [0, 0.05) is 6.04 Å². The molecule has 1 amide bonds. The van der Waals surface area contributed by atoms with E-state index in [-0.39, 0.29) is 29.1 Å². The quantitative estimate of drug-likeness (QED) is 0.728. The van der Waals surface area contributed by atoms with Crippen molar-refractivity contribution in [2.45, 2.75) is 62.8 Å². The van der Waals surface area contributed by atoms with E-state index < -0.39 is 15.8 Å². The van der Waals surface area contributed by atoms with Crippen molar-refractivity contribution in [3.05, 3.63) is 59.9 Å². The monoisotopic (exact) mass is 432 g/mol. The molecular formula is C23H29FN2O3S. The Morgan fingerprint density at radius 2 is 1.53 bits per heavy atom. The number of benzene rings is 2. The highest BCUT2D eigenvalue weighted by molar-refractivity contribution is 7.92. The molecule has 7 heteroatoms. The molecule has 2 aromatic rings. The van der Waals surface area contributed by atoms with Gasteiger partial charge in [0.15, 0.2) is 0 Å². The maximum absolute atomic E-state index is 13.4. The number of halogens is 1. The average molecular weight is 433 g/mol. The van der Waals surface area contributed by atoms with Crippen molar-refractivity contribution in [3.63, 3.8) is 0 Å². The molecule has 1 saturated carbocycles. The average Bonchev–Trinajstić information content (AvgIpc) is 2.69. The van der Waals surface area contributed by atoms with Crippen LogP contribution in [0, 0.1) is 12.7 Å². The fraction of sp³-hybridized carbons (Fsp3) is 0.435. The highest BCUT2D eigenvalue weighted by atomic mass is 32.2. The lowest BCUT2D eigenvalue weighted by molar-refractivity contribution is -0.120. The Morgan fingerprint density at radius 3 is 2.13 bits per heavy atom. The Hall–Kier alpha value is -2.41. The number of carbonyl (C=O) groups excluding carboxylic acids is 1. The summed E-state index contributed by atoms with van der Waals surface area (Å²) in [4.78, 5) is 12.9. The highest BCUT2D eigenvalue weighted by Crippen LogP contribution is 2.24. The normalized spacial score (nSPS) is 15.8. The number of hydrogen-bond donors (Lipinski definition) is 1. The predicted octanol–water partition coefficient (Wildman–Crippen LogP) is 4.56. The summed E-state index contributed by atoms with van der Waals surface area (Å²) in [6.45, 7) is 1.52. The zero-order valence-corrected chi connectivity index (χ0v) is 18.1. The molecule has 3 rings (SSSR count). The van der Waals surface area contributed by atoms with Gasteiger partial charge in [-0.1, -0.05) is 49.8 Å². The lowest BCUT2D eigenvalue weighted by atomic mass is 9.97. The van der Waals surface area contributed by atoms with Crippen molar-refractivity contribution in [2.75, 3.05) is 10.8 Å². The second-order valence-electron chi connectivity index (χ2n) is 7.91. The highest BCUT2D eigenvalue weighted by Gasteiger charge is 2.28. The molecule has 0 heterocycles. The van der Waals surface area contributed by atoms with E-state index in [0.717, 1.165) is 48.4 Å². The molecule has 0 saturated heterocycles. The van der Waals surface area contributed by atoms with Crippen LogP contribution in [0.3, 0.4) is 0 Å². The molecule has 0 unspecified atom stereocenters. The third-order valence-corrected chi connectivity index (χ3v) is 7.27. The first-order valence-electron chi connectivity index (χ1n) is 10.5. The first-order valence-corrected chi connectivity index (χ1v) is 11.9. The number of nitrogens with zero attached hydrogens (tertiary/aromatic N) is 1. The fourth-order valence-corrected chi connectivity index (χ4v) is 5.19. The van der Waals surface area contributed by atoms with E-state index in [1.165, 1.54) is 42.8 Å². The van der Waals surface area contributed by atoms with Gasteiger partial charge in [-0.05, 0) is 56.2 Å². The lowest BCUT2D eigenvalue weighted by Gasteiger charge is -2.26. The summed E-state index contributed by atoms with van der Waals surface area (Å²) in [5, 5.41) is 3.01. The Balaban J connectivity index is 1.83. The molecule has 1 N–H and O–H groups in total. The van der Waals surface area contributed by atoms with Crippen LogP contribution >= 0.6 is 0 Å². The zero-order chi connectivity index (χ0) is 21.6. The van der Waals surface area contributed by atoms with Crippen LogP contribution in [-0.4, -0.2) is 26.9 Å². The Bertz CT molecular complexity index is 935. The second-order valence-corrected chi connectivity index (χ2v) is 9.77. The first kappa shape index (κ1) is 22.3. The molecular weight excluding hydrogens is 403 g/mol. The van der Waals surface area contributed by atoms with Crippen LogP contribution in [0.15, 0.2) is 53.4 Å². The molecule has 162 valence electrons. The van der Waals surface area contributed by atoms with Gasteiger partial charge in [-0.3, -0.25) is 9.10 Å². The van der Waals surface area contributed by atoms with E-state index >= 15 is 0 Å². The zero-order valence-electron chi connectivity index (χ0n) is 17.3. The van der Waals surface area contributed by atoms with E-state index in [2.05, 4.69) is 5.32 Å². The molecule has 2 aromatic carbocycles. The van der Waals surface area contributed by atoms with Crippen molar-refractivity contribution in [2.24, 2.45) is 0 Å². The molecule has 30 heavy (non-hydrogen) atoms. The summed E-state index contributed by atoms with van der Waals surface area (Å²) in [6, 6.07) is 11.7. The van der Waals surface area contributed by atoms with E-state index in [1.54, 1.807) is 12.1 Å². The number of anilines is 1. The number of sulfonamides is 1. The fourth-order valence-electron chi connectivity index (χ4n) is 3.76. The molecule has 5 nitrogen and oxygen atoms in total. The van der Waals surface area contributed by atoms with Gasteiger partial charge in [-0.25, -0.2) is 12.8 Å². The van der Waals surface area contributed by atoms with Crippen molar-refractivity contribution < 1.29 is 17.6 Å². The van der Waals surface area contributed by atoms with Crippen LogP contribution in [0.1, 0.15) is 50.5 Å². The summed E-state index contributed by atoms with van der Waals surface area (Å²) < 4.78 is 41.1. The van der Waals surface area contributed by atoms with Gasteiger partial charge in [0.1, 0.15) is 12.4 Å². The van der Waals surface area contributed by atoms with Crippen molar-refractivity contribution in [3.8, 4) is 0 Å². The van der Waals surface area contributed by atoms with Crippen LogP contribution < -0.4 is 9.62 Å². The smallest absolute Gasteiger partial charge is 0.264 e. The van der Waals surface area contributed by atoms with Crippen LogP contribution in [0.2, 0.25) is 0 Å². The molecule has 1 aliphatic rings. The minimum Gasteiger partial charge on any atom is -0.352 e. The van der Waals surface area contributed by atoms with Crippen LogP contribution in [0.25, 0.3) is 0 Å². The number of hydrogen-bond acceptors (Lipinski definition) is 3. The van der Waals surface area contributed by atoms with Gasteiger partial charge in [-0.2, -0.15) is 0 Å². The number of carbonyl (C=O) groups is 1. The third-order valence-electron chi connectivity index (χ3n) is 5.48. The van der Waals surface area contributed by atoms with Crippen LogP contribution in [-0.2, 0) is 14.8 Å². The van der Waals surface area contributed by atoms with Gasteiger partial charge in [0.2, 0.25) is 5.91 Å². The molecule has 0 bridgehead atoms. The predicted molar refractivity (Wildman–Crippen MR) is 116 cm³/mol. The Morgan fingerprint density at radius 1 is 0.967 bits per heavy atom. The van der Waals surface area contributed by atoms with E-state index in [4.69, 9.17) is 0 Å². The summed E-state index contributed by atoms with van der Waals surface area (Å²) in [5.41, 5.74) is 1.19. The van der Waals surface area contributed by atoms with Crippen molar-refractivity contribution in [1.29, 1.82) is 0 Å². The Kier molecular flexibility index (Phi) is 7.48. The molecule has 1 fully saturated rings. The van der Waals surface area contributed by atoms with Gasteiger partial charge in [0.05, 0.1) is 10.6 Å². The minimum absolute atomic E-state index is 0.0648. The van der Waals surface area contributed by atoms with Gasteiger partial charge >= 0.3 is 0 Å². The second kappa shape index (κ2) is 10.1. The van der Waals surface area contributed by atoms with Gasteiger partial charge < -0.3 is 5.32 Å².